The third kappa shape index (κ3) is 4.11. The van der Waals surface area contributed by atoms with E-state index in [4.69, 9.17) is 14.2 Å². The maximum atomic E-state index is 12.2. The lowest BCUT2D eigenvalue weighted by Crippen LogP contribution is -2.64. The molecule has 0 amide bonds. The fourth-order valence-electron chi connectivity index (χ4n) is 7.43. The molecule has 4 fully saturated rings. The molecule has 3 saturated carbocycles. The number of fused-ring (bicyclic) bond motifs is 5. The molecule has 0 bridgehead atoms. The molecule has 1 saturated heterocycles. The summed E-state index contributed by atoms with van der Waals surface area (Å²) in [7, 11) is 0. The van der Waals surface area contributed by atoms with Crippen LogP contribution in [0.15, 0.2) is 0 Å². The Morgan fingerprint density at radius 2 is 1.81 bits per heavy atom. The van der Waals surface area contributed by atoms with E-state index in [0.717, 1.165) is 51.4 Å². The van der Waals surface area contributed by atoms with Crippen LogP contribution in [0.1, 0.15) is 91.9 Å². The van der Waals surface area contributed by atoms with Crippen molar-refractivity contribution in [1.29, 1.82) is 0 Å². The predicted octanol–water partition coefficient (Wildman–Crippen LogP) is 4.41. The van der Waals surface area contributed by atoms with Crippen molar-refractivity contribution in [2.24, 2.45) is 28.6 Å². The van der Waals surface area contributed by atoms with Crippen molar-refractivity contribution in [2.45, 2.75) is 116 Å². The van der Waals surface area contributed by atoms with Crippen molar-refractivity contribution < 1.29 is 28.9 Å². The van der Waals surface area contributed by atoms with Crippen molar-refractivity contribution in [3.63, 3.8) is 0 Å². The zero-order valence-electron chi connectivity index (χ0n) is 20.3. The highest BCUT2D eigenvalue weighted by atomic mass is 16.6. The van der Waals surface area contributed by atoms with Crippen LogP contribution in [0.3, 0.4) is 0 Å². The van der Waals surface area contributed by atoms with E-state index in [1.54, 1.807) is 0 Å². The molecule has 9 atom stereocenters. The van der Waals surface area contributed by atoms with Crippen LogP contribution in [-0.4, -0.2) is 48.1 Å². The highest BCUT2D eigenvalue weighted by molar-refractivity contribution is 5.69. The van der Waals surface area contributed by atoms with Crippen LogP contribution in [0.25, 0.3) is 0 Å². The molecular weight excluding hydrogens is 408 g/mol. The SMILES string of the molecule is CCCCC(=O)O[C@H]1CC[C@@]2(C)C(C1)C[C@H](O)C1C2OC[C@@]2(C)C1CC[C@@H]2OC(=O)CC. The van der Waals surface area contributed by atoms with E-state index in [0.29, 0.717) is 25.4 Å². The molecule has 6 nitrogen and oxygen atoms in total. The van der Waals surface area contributed by atoms with Gasteiger partial charge in [0, 0.05) is 24.2 Å². The van der Waals surface area contributed by atoms with Crippen molar-refractivity contribution in [3.05, 3.63) is 0 Å². The zero-order valence-corrected chi connectivity index (χ0v) is 20.3. The van der Waals surface area contributed by atoms with Gasteiger partial charge in [-0.05, 0) is 62.2 Å². The number of aliphatic hydroxyl groups is 1. The highest BCUT2D eigenvalue weighted by Gasteiger charge is 2.64. The number of hydrogen-bond donors (Lipinski definition) is 1. The standard InChI is InChI=1S/C26H42O6/c1-5-7-8-22(29)31-17-11-12-25(3)16(13-17)14-19(27)23-18-9-10-20(32-21(28)6-2)26(18,4)15-30-24(23)25/h16-20,23-24,27H,5-15H2,1-4H3/t16?,17-,18?,19-,20-,23?,24?,25-,26-/m0/s1. The number of unbranched alkanes of at least 4 members (excludes halogenated alkanes) is 1. The van der Waals surface area contributed by atoms with Crippen LogP contribution < -0.4 is 0 Å². The van der Waals surface area contributed by atoms with E-state index in [-0.39, 0.29) is 52.9 Å². The molecule has 1 N–H and O–H groups in total. The summed E-state index contributed by atoms with van der Waals surface area (Å²) in [5, 5.41) is 11.3. The molecule has 0 spiro atoms. The van der Waals surface area contributed by atoms with Gasteiger partial charge in [-0.2, -0.15) is 0 Å². The summed E-state index contributed by atoms with van der Waals surface area (Å²) in [6.07, 6.45) is 7.34. The zero-order chi connectivity index (χ0) is 23.1. The first-order valence-electron chi connectivity index (χ1n) is 12.9. The summed E-state index contributed by atoms with van der Waals surface area (Å²) in [4.78, 5) is 24.1. The van der Waals surface area contributed by atoms with Crippen LogP contribution in [0.2, 0.25) is 0 Å². The smallest absolute Gasteiger partial charge is 0.306 e. The number of rotatable bonds is 6. The molecule has 4 rings (SSSR count). The third-order valence-electron chi connectivity index (χ3n) is 9.41. The molecule has 0 aromatic carbocycles. The number of carbonyl (C=O) groups is 2. The van der Waals surface area contributed by atoms with E-state index in [2.05, 4.69) is 20.8 Å². The molecule has 0 aromatic rings. The molecule has 1 aliphatic heterocycles. The first-order chi connectivity index (χ1) is 15.2. The first kappa shape index (κ1) is 24.0. The third-order valence-corrected chi connectivity index (χ3v) is 9.41. The molecule has 32 heavy (non-hydrogen) atoms. The topological polar surface area (TPSA) is 82.1 Å². The lowest BCUT2D eigenvalue weighted by atomic mass is 9.50. The quantitative estimate of drug-likeness (QED) is 0.604. The Morgan fingerprint density at radius 3 is 2.53 bits per heavy atom. The normalized spacial score (nSPS) is 45.3. The second-order valence-corrected chi connectivity index (χ2v) is 11.3. The summed E-state index contributed by atoms with van der Waals surface area (Å²) in [6, 6.07) is 0. The van der Waals surface area contributed by atoms with Crippen LogP contribution in [0, 0.1) is 28.6 Å². The van der Waals surface area contributed by atoms with Crippen LogP contribution in [0.4, 0.5) is 0 Å². The van der Waals surface area contributed by atoms with Crippen molar-refractivity contribution in [3.8, 4) is 0 Å². The summed E-state index contributed by atoms with van der Waals surface area (Å²) >= 11 is 0. The van der Waals surface area contributed by atoms with Gasteiger partial charge >= 0.3 is 11.9 Å². The molecular formula is C26H42O6. The van der Waals surface area contributed by atoms with Crippen LogP contribution in [0.5, 0.6) is 0 Å². The Bertz CT molecular complexity index is 708. The molecule has 182 valence electrons. The summed E-state index contributed by atoms with van der Waals surface area (Å²) in [5.74, 6) is 0.424. The van der Waals surface area contributed by atoms with Gasteiger partial charge in [-0.15, -0.1) is 0 Å². The van der Waals surface area contributed by atoms with E-state index in [1.807, 2.05) is 6.92 Å². The minimum atomic E-state index is -0.433. The average molecular weight is 451 g/mol. The number of esters is 2. The Hall–Kier alpha value is -1.14. The van der Waals surface area contributed by atoms with Crippen molar-refractivity contribution in [1.82, 2.24) is 0 Å². The Balaban J connectivity index is 1.46. The van der Waals surface area contributed by atoms with E-state index >= 15 is 0 Å². The molecule has 1 heterocycles. The number of ether oxygens (including phenoxy) is 3. The van der Waals surface area contributed by atoms with Gasteiger partial charge in [0.15, 0.2) is 0 Å². The molecule has 0 radical (unpaired) electrons. The lowest BCUT2D eigenvalue weighted by Gasteiger charge is -2.61. The molecule has 0 aromatic heterocycles. The summed E-state index contributed by atoms with van der Waals surface area (Å²) in [6.45, 7) is 8.98. The Kier molecular flexibility index (Phi) is 6.94. The number of aliphatic hydroxyl groups excluding tert-OH is 1. The van der Waals surface area contributed by atoms with E-state index in [1.165, 1.54) is 0 Å². The Morgan fingerprint density at radius 1 is 1.03 bits per heavy atom. The lowest BCUT2D eigenvalue weighted by molar-refractivity contribution is -0.254. The average Bonchev–Trinajstić information content (AvgIpc) is 3.09. The van der Waals surface area contributed by atoms with E-state index < -0.39 is 6.10 Å². The number of carbonyl (C=O) groups excluding carboxylic acids is 2. The van der Waals surface area contributed by atoms with Gasteiger partial charge in [0.1, 0.15) is 12.2 Å². The second-order valence-electron chi connectivity index (χ2n) is 11.3. The summed E-state index contributed by atoms with van der Waals surface area (Å²) < 4.78 is 18.2. The largest absolute Gasteiger partial charge is 0.462 e. The van der Waals surface area contributed by atoms with Crippen LogP contribution in [-0.2, 0) is 23.8 Å². The van der Waals surface area contributed by atoms with Gasteiger partial charge in [-0.3, -0.25) is 9.59 Å². The Labute approximate surface area is 192 Å². The monoisotopic (exact) mass is 450 g/mol. The second kappa shape index (κ2) is 9.25. The first-order valence-corrected chi connectivity index (χ1v) is 12.9. The maximum absolute atomic E-state index is 12.2. The molecule has 4 unspecified atom stereocenters. The number of hydrogen-bond acceptors (Lipinski definition) is 6. The van der Waals surface area contributed by atoms with Gasteiger partial charge < -0.3 is 19.3 Å². The maximum Gasteiger partial charge on any atom is 0.306 e. The van der Waals surface area contributed by atoms with Crippen molar-refractivity contribution >= 4 is 11.9 Å². The fraction of sp³-hybridized carbons (Fsp3) is 0.923. The summed E-state index contributed by atoms with van der Waals surface area (Å²) in [5.41, 5.74) is -0.252. The molecule has 4 aliphatic rings. The molecule has 3 aliphatic carbocycles. The van der Waals surface area contributed by atoms with Gasteiger partial charge in [-0.1, -0.05) is 34.1 Å². The van der Waals surface area contributed by atoms with Gasteiger partial charge in [0.25, 0.3) is 0 Å². The van der Waals surface area contributed by atoms with Gasteiger partial charge in [0.2, 0.25) is 0 Å². The highest BCUT2D eigenvalue weighted by Crippen LogP contribution is 2.62. The minimum Gasteiger partial charge on any atom is -0.462 e. The van der Waals surface area contributed by atoms with Crippen molar-refractivity contribution in [2.75, 3.05) is 6.61 Å². The van der Waals surface area contributed by atoms with E-state index in [9.17, 15) is 14.7 Å². The fourth-order valence-corrected chi connectivity index (χ4v) is 7.43. The van der Waals surface area contributed by atoms with Crippen LogP contribution >= 0.6 is 0 Å². The predicted molar refractivity (Wildman–Crippen MR) is 120 cm³/mol. The van der Waals surface area contributed by atoms with Gasteiger partial charge in [-0.25, -0.2) is 0 Å². The minimum absolute atomic E-state index is 0.00620. The van der Waals surface area contributed by atoms with Gasteiger partial charge in [0.05, 0.1) is 18.8 Å². The molecule has 6 heteroatoms.